The molecule has 0 spiro atoms. The van der Waals surface area contributed by atoms with Crippen molar-refractivity contribution in [1.29, 1.82) is 0 Å². The van der Waals surface area contributed by atoms with Gasteiger partial charge in [0.05, 0.1) is 24.5 Å². The van der Waals surface area contributed by atoms with Gasteiger partial charge in [0.15, 0.2) is 0 Å². The number of aryl methyl sites for hydroxylation is 1. The lowest BCUT2D eigenvalue weighted by molar-refractivity contribution is -0.137. The Labute approximate surface area is 151 Å². The molecule has 1 aromatic carbocycles. The van der Waals surface area contributed by atoms with E-state index in [0.717, 1.165) is 10.6 Å². The summed E-state index contributed by atoms with van der Waals surface area (Å²) in [6.45, 7) is 1.08. The van der Waals surface area contributed by atoms with Crippen molar-refractivity contribution in [2.45, 2.75) is 13.0 Å². The molecule has 1 saturated heterocycles. The van der Waals surface area contributed by atoms with Gasteiger partial charge in [-0.3, -0.25) is 9.59 Å². The van der Waals surface area contributed by atoms with Gasteiger partial charge in [0.1, 0.15) is 12.4 Å². The highest BCUT2D eigenvalue weighted by Gasteiger charge is 2.31. The molecular weight excluding hydrogens is 367 g/mol. The Bertz CT molecular complexity index is 798. The average molecular weight is 388 g/mol. The first kappa shape index (κ1) is 20.3. The van der Waals surface area contributed by atoms with Gasteiger partial charge in [-0.25, -0.2) is 12.8 Å². The van der Waals surface area contributed by atoms with Crippen molar-refractivity contribution in [1.82, 2.24) is 9.21 Å². The highest BCUT2D eigenvalue weighted by Crippen LogP contribution is 2.17. The summed E-state index contributed by atoms with van der Waals surface area (Å²) in [5, 5.41) is 8.87. The molecule has 144 valence electrons. The second-order valence-electron chi connectivity index (χ2n) is 6.13. The third kappa shape index (κ3) is 4.99. The van der Waals surface area contributed by atoms with E-state index in [9.17, 15) is 22.4 Å². The van der Waals surface area contributed by atoms with Gasteiger partial charge in [-0.05, 0) is 18.6 Å². The summed E-state index contributed by atoms with van der Waals surface area (Å²) in [7, 11) is -3.75. The standard InChI is InChI=1S/C16H21FN2O6S/c1-11-4-3-5-13(15(11)17)16(22)18-6-7-25-12(8-18)9-19(10-14(20)21)26(2,23)24/h3-5,12H,6-10H2,1-2H3,(H,20,21). The molecule has 8 nitrogen and oxygen atoms in total. The summed E-state index contributed by atoms with van der Waals surface area (Å²) in [6.07, 6.45) is 0.207. The molecule has 2 rings (SSSR count). The average Bonchev–Trinajstić information content (AvgIpc) is 2.55. The number of rotatable bonds is 6. The molecule has 1 N–H and O–H groups in total. The van der Waals surface area contributed by atoms with Gasteiger partial charge in [-0.2, -0.15) is 4.31 Å². The predicted molar refractivity (Wildman–Crippen MR) is 90.8 cm³/mol. The molecule has 1 aromatic rings. The van der Waals surface area contributed by atoms with Crippen LogP contribution in [0, 0.1) is 12.7 Å². The van der Waals surface area contributed by atoms with E-state index < -0.39 is 40.4 Å². The van der Waals surface area contributed by atoms with Crippen LogP contribution in [0.15, 0.2) is 18.2 Å². The molecule has 0 aromatic heterocycles. The predicted octanol–water partition coefficient (Wildman–Crippen LogP) is 0.321. The van der Waals surface area contributed by atoms with Gasteiger partial charge in [-0.1, -0.05) is 12.1 Å². The van der Waals surface area contributed by atoms with Gasteiger partial charge >= 0.3 is 5.97 Å². The molecule has 0 saturated carbocycles. The van der Waals surface area contributed by atoms with Crippen LogP contribution in [0.1, 0.15) is 15.9 Å². The Kier molecular flexibility index (Phi) is 6.32. The molecule has 1 aliphatic rings. The fraction of sp³-hybridized carbons (Fsp3) is 0.500. The van der Waals surface area contributed by atoms with E-state index in [1.54, 1.807) is 19.1 Å². The van der Waals surface area contributed by atoms with E-state index in [-0.39, 0.29) is 31.8 Å². The van der Waals surface area contributed by atoms with Crippen molar-refractivity contribution in [2.75, 3.05) is 39.0 Å². The maximum absolute atomic E-state index is 14.2. The van der Waals surface area contributed by atoms with Crippen molar-refractivity contribution in [2.24, 2.45) is 0 Å². The molecule has 0 bridgehead atoms. The smallest absolute Gasteiger partial charge is 0.318 e. The molecular formula is C16H21FN2O6S. The lowest BCUT2D eigenvalue weighted by Crippen LogP contribution is -2.51. The van der Waals surface area contributed by atoms with Crippen LogP contribution in [-0.2, 0) is 19.6 Å². The van der Waals surface area contributed by atoms with E-state index >= 15 is 0 Å². The fourth-order valence-corrected chi connectivity index (χ4v) is 3.47. The summed E-state index contributed by atoms with van der Waals surface area (Å²) in [6, 6.07) is 4.54. The van der Waals surface area contributed by atoms with Gasteiger partial charge in [0, 0.05) is 19.6 Å². The van der Waals surface area contributed by atoms with Crippen molar-refractivity contribution in [3.8, 4) is 0 Å². The number of hydrogen-bond acceptors (Lipinski definition) is 5. The van der Waals surface area contributed by atoms with E-state index in [4.69, 9.17) is 9.84 Å². The highest BCUT2D eigenvalue weighted by atomic mass is 32.2. The number of carboxylic acid groups (broad SMARTS) is 1. The number of carbonyl (C=O) groups is 2. The van der Waals surface area contributed by atoms with Crippen molar-refractivity contribution < 1.29 is 32.2 Å². The zero-order valence-corrected chi connectivity index (χ0v) is 15.3. The highest BCUT2D eigenvalue weighted by molar-refractivity contribution is 7.88. The second-order valence-corrected chi connectivity index (χ2v) is 8.11. The van der Waals surface area contributed by atoms with Gasteiger partial charge in [0.25, 0.3) is 5.91 Å². The molecule has 1 heterocycles. The number of ether oxygens (including phenoxy) is 1. The summed E-state index contributed by atoms with van der Waals surface area (Å²) in [4.78, 5) is 24.8. The number of nitrogens with zero attached hydrogens (tertiary/aromatic N) is 2. The molecule has 1 fully saturated rings. The summed E-state index contributed by atoms with van der Waals surface area (Å²) in [5.41, 5.74) is 0.293. The Morgan fingerprint density at radius 1 is 1.42 bits per heavy atom. The number of benzene rings is 1. The first-order valence-corrected chi connectivity index (χ1v) is 9.77. The molecule has 1 unspecified atom stereocenters. The van der Waals surface area contributed by atoms with Gasteiger partial charge in [-0.15, -0.1) is 0 Å². The Morgan fingerprint density at radius 3 is 2.73 bits per heavy atom. The summed E-state index contributed by atoms with van der Waals surface area (Å²) < 4.78 is 43.9. The molecule has 0 radical (unpaired) electrons. The Balaban J connectivity index is 2.12. The van der Waals surface area contributed by atoms with E-state index in [0.29, 0.717) is 5.56 Å². The lowest BCUT2D eigenvalue weighted by Gasteiger charge is -2.35. The van der Waals surface area contributed by atoms with Crippen molar-refractivity contribution in [3.05, 3.63) is 35.1 Å². The van der Waals surface area contributed by atoms with Crippen molar-refractivity contribution >= 4 is 21.9 Å². The van der Waals surface area contributed by atoms with Crippen LogP contribution >= 0.6 is 0 Å². The van der Waals surface area contributed by atoms with E-state index in [2.05, 4.69) is 0 Å². The van der Waals surface area contributed by atoms with E-state index in [1.165, 1.54) is 11.0 Å². The van der Waals surface area contributed by atoms with Crippen molar-refractivity contribution in [3.63, 3.8) is 0 Å². The van der Waals surface area contributed by atoms with Crippen LogP contribution in [0.2, 0.25) is 0 Å². The third-order valence-corrected chi connectivity index (χ3v) is 5.25. The van der Waals surface area contributed by atoms with Crippen LogP contribution in [0.25, 0.3) is 0 Å². The monoisotopic (exact) mass is 388 g/mol. The second kappa shape index (κ2) is 8.11. The molecule has 0 aliphatic carbocycles. The Morgan fingerprint density at radius 2 is 2.12 bits per heavy atom. The van der Waals surface area contributed by atoms with Crippen LogP contribution < -0.4 is 0 Å². The molecule has 26 heavy (non-hydrogen) atoms. The minimum atomic E-state index is -3.75. The maximum Gasteiger partial charge on any atom is 0.318 e. The number of halogens is 1. The summed E-state index contributed by atoms with van der Waals surface area (Å²) in [5.74, 6) is -2.39. The number of amides is 1. The number of aliphatic carboxylic acids is 1. The quantitative estimate of drug-likeness (QED) is 0.753. The van der Waals surface area contributed by atoms with Crippen LogP contribution in [0.5, 0.6) is 0 Å². The summed E-state index contributed by atoms with van der Waals surface area (Å²) >= 11 is 0. The topological polar surface area (TPSA) is 104 Å². The Hall–Kier alpha value is -2.04. The van der Waals surface area contributed by atoms with Crippen LogP contribution in [0.3, 0.4) is 0 Å². The molecule has 1 amide bonds. The number of morpholine rings is 1. The first-order chi connectivity index (χ1) is 12.1. The minimum absolute atomic E-state index is 0.0395. The third-order valence-electron chi connectivity index (χ3n) is 4.04. The van der Waals surface area contributed by atoms with Gasteiger partial charge in [0.2, 0.25) is 10.0 Å². The number of sulfonamides is 1. The van der Waals surface area contributed by atoms with Crippen LogP contribution in [-0.4, -0.2) is 79.8 Å². The fourth-order valence-electron chi connectivity index (χ4n) is 2.69. The maximum atomic E-state index is 14.2. The number of carbonyl (C=O) groups excluding carboxylic acids is 1. The number of carboxylic acids is 1. The van der Waals surface area contributed by atoms with Crippen LogP contribution in [0.4, 0.5) is 4.39 Å². The normalized spacial score (nSPS) is 18.2. The molecule has 1 aliphatic heterocycles. The molecule has 1 atom stereocenters. The zero-order valence-electron chi connectivity index (χ0n) is 14.5. The number of hydrogen-bond donors (Lipinski definition) is 1. The first-order valence-electron chi connectivity index (χ1n) is 7.92. The SMILES string of the molecule is Cc1cccc(C(=O)N2CCOC(CN(CC(=O)O)S(C)(=O)=O)C2)c1F. The van der Waals surface area contributed by atoms with E-state index in [1.807, 2.05) is 0 Å². The minimum Gasteiger partial charge on any atom is -0.480 e. The molecule has 10 heteroatoms. The zero-order chi connectivity index (χ0) is 19.5. The lowest BCUT2D eigenvalue weighted by atomic mass is 10.1. The largest absolute Gasteiger partial charge is 0.480 e. The van der Waals surface area contributed by atoms with Gasteiger partial charge < -0.3 is 14.7 Å².